The van der Waals surface area contributed by atoms with Crippen molar-refractivity contribution in [1.82, 2.24) is 4.57 Å². The first-order chi connectivity index (χ1) is 23.2. The maximum atomic E-state index is 13.8. The van der Waals surface area contributed by atoms with E-state index in [9.17, 15) is 9.59 Å². The van der Waals surface area contributed by atoms with Gasteiger partial charge >= 0.3 is 11.9 Å². The number of unbranched alkanes of at least 4 members (excludes halogenated alkanes) is 5. The zero-order valence-corrected chi connectivity index (χ0v) is 29.4. The summed E-state index contributed by atoms with van der Waals surface area (Å²) in [6, 6.07) is 22.0. The Kier molecular flexibility index (Phi) is 11.0. The van der Waals surface area contributed by atoms with Crippen molar-refractivity contribution in [2.24, 2.45) is 0 Å². The summed E-state index contributed by atoms with van der Waals surface area (Å²) in [5, 5.41) is 1.02. The number of esters is 2. The van der Waals surface area contributed by atoms with Crippen molar-refractivity contribution in [3.8, 4) is 5.75 Å². The van der Waals surface area contributed by atoms with Gasteiger partial charge in [0.2, 0.25) is 6.29 Å². The van der Waals surface area contributed by atoms with E-state index in [4.69, 9.17) is 14.2 Å². The average Bonchev–Trinajstić information content (AvgIpc) is 3.53. The standard InChI is InChI=1S/C41H50N2O5/c1-8-11-12-13-14-19-26-43-29(6)38(33-21-16-18-23-36(33)43)41(34-22-17-15-20-32(34)40(45)48-41)35-25-24-31(42(9-2)10-3)27-37(35)46-30(7)47-39(44)28(4)5/h15-18,20-25,27,30H,4,8-14,19,26H2,1-3,5-7H3. The molecular formula is C41H50N2O5. The van der Waals surface area contributed by atoms with E-state index in [-0.39, 0.29) is 5.57 Å². The van der Waals surface area contributed by atoms with Gasteiger partial charge in [0.15, 0.2) is 5.60 Å². The van der Waals surface area contributed by atoms with E-state index in [0.29, 0.717) is 16.9 Å². The lowest BCUT2D eigenvalue weighted by atomic mass is 9.78. The third-order valence-electron chi connectivity index (χ3n) is 9.48. The largest absolute Gasteiger partial charge is 0.455 e. The molecule has 0 saturated heterocycles. The fourth-order valence-corrected chi connectivity index (χ4v) is 7.09. The number of nitrogens with zero attached hydrogens (tertiary/aromatic N) is 2. The van der Waals surface area contributed by atoms with Crippen molar-refractivity contribution in [2.75, 3.05) is 18.0 Å². The number of fused-ring (bicyclic) bond motifs is 2. The number of rotatable bonds is 16. The molecule has 0 N–H and O–H groups in total. The number of para-hydroxylation sites is 1. The van der Waals surface area contributed by atoms with Gasteiger partial charge in [0.1, 0.15) is 5.75 Å². The molecule has 0 saturated carbocycles. The van der Waals surface area contributed by atoms with Gasteiger partial charge in [0, 0.05) is 77.2 Å². The van der Waals surface area contributed by atoms with Gasteiger partial charge in [-0.2, -0.15) is 0 Å². The molecule has 254 valence electrons. The maximum absolute atomic E-state index is 13.8. The Morgan fingerprint density at radius 2 is 1.62 bits per heavy atom. The summed E-state index contributed by atoms with van der Waals surface area (Å²) in [7, 11) is 0. The number of anilines is 1. The van der Waals surface area contributed by atoms with Crippen LogP contribution in [0.25, 0.3) is 10.9 Å². The number of aromatic nitrogens is 1. The van der Waals surface area contributed by atoms with Crippen LogP contribution in [0.3, 0.4) is 0 Å². The lowest BCUT2D eigenvalue weighted by Crippen LogP contribution is -2.32. The topological polar surface area (TPSA) is 70.0 Å². The van der Waals surface area contributed by atoms with Crippen LogP contribution in [0.4, 0.5) is 5.69 Å². The number of carbonyl (C=O) groups excluding carboxylic acids is 2. The van der Waals surface area contributed by atoms with E-state index in [0.717, 1.165) is 65.9 Å². The van der Waals surface area contributed by atoms with E-state index in [2.05, 4.69) is 68.0 Å². The monoisotopic (exact) mass is 650 g/mol. The van der Waals surface area contributed by atoms with Gasteiger partial charge in [-0.1, -0.05) is 82.0 Å². The molecule has 4 aromatic rings. The quantitative estimate of drug-likeness (QED) is 0.0521. The van der Waals surface area contributed by atoms with Crippen molar-refractivity contribution in [1.29, 1.82) is 0 Å². The smallest absolute Gasteiger partial charge is 0.340 e. The molecule has 0 fully saturated rings. The molecule has 3 aromatic carbocycles. The molecule has 1 aliphatic rings. The second kappa shape index (κ2) is 15.1. The summed E-state index contributed by atoms with van der Waals surface area (Å²) in [6.07, 6.45) is 6.27. The number of hydrogen-bond donors (Lipinski definition) is 0. The number of ether oxygens (including phenoxy) is 3. The van der Waals surface area contributed by atoms with Gasteiger partial charge in [-0.05, 0) is 58.4 Å². The summed E-state index contributed by atoms with van der Waals surface area (Å²) in [5.74, 6) is -0.457. The second-order valence-electron chi connectivity index (χ2n) is 12.7. The second-order valence-corrected chi connectivity index (χ2v) is 12.7. The lowest BCUT2D eigenvalue weighted by Gasteiger charge is -2.33. The highest BCUT2D eigenvalue weighted by molar-refractivity contribution is 5.99. The Bertz CT molecular complexity index is 1780. The Balaban J connectivity index is 1.74. The first kappa shape index (κ1) is 34.8. The van der Waals surface area contributed by atoms with Gasteiger partial charge in [0.05, 0.1) is 5.56 Å². The summed E-state index contributed by atoms with van der Waals surface area (Å²) in [6.45, 7) is 18.1. The number of benzene rings is 3. The molecule has 0 aliphatic carbocycles. The normalized spacial score (nSPS) is 16.0. The SMILES string of the molecule is C=C(C)C(=O)OC(C)Oc1cc(N(CC)CC)ccc1C1(c2c(C)n(CCCCCCCC)c3ccccc23)OC(=O)c2ccccc21. The minimum absolute atomic E-state index is 0.284. The van der Waals surface area contributed by atoms with Gasteiger partial charge in [-0.25, -0.2) is 9.59 Å². The Morgan fingerprint density at radius 3 is 2.35 bits per heavy atom. The van der Waals surface area contributed by atoms with Gasteiger partial charge in [-0.3, -0.25) is 0 Å². The molecule has 0 bridgehead atoms. The van der Waals surface area contributed by atoms with Crippen LogP contribution in [0.5, 0.6) is 5.75 Å². The fraction of sp³-hybridized carbons (Fsp3) is 0.415. The van der Waals surface area contributed by atoms with Crippen molar-refractivity contribution >= 4 is 28.5 Å². The predicted molar refractivity (Wildman–Crippen MR) is 193 cm³/mol. The third-order valence-corrected chi connectivity index (χ3v) is 9.48. The third kappa shape index (κ3) is 6.60. The molecule has 2 atom stereocenters. The predicted octanol–water partition coefficient (Wildman–Crippen LogP) is 9.46. The Hall–Kier alpha value is -4.52. The molecule has 1 aliphatic heterocycles. The number of carbonyl (C=O) groups is 2. The molecule has 2 unspecified atom stereocenters. The van der Waals surface area contributed by atoms with Crippen molar-refractivity contribution < 1.29 is 23.8 Å². The lowest BCUT2D eigenvalue weighted by molar-refractivity contribution is -0.156. The minimum Gasteiger partial charge on any atom is -0.455 e. The van der Waals surface area contributed by atoms with Gasteiger partial charge in [-0.15, -0.1) is 0 Å². The molecule has 0 radical (unpaired) electrons. The van der Waals surface area contributed by atoms with Crippen molar-refractivity contribution in [3.63, 3.8) is 0 Å². The highest BCUT2D eigenvalue weighted by Gasteiger charge is 2.52. The summed E-state index contributed by atoms with van der Waals surface area (Å²) in [4.78, 5) is 28.6. The highest BCUT2D eigenvalue weighted by atomic mass is 16.7. The first-order valence-electron chi connectivity index (χ1n) is 17.5. The number of aryl methyl sites for hydroxylation is 1. The van der Waals surface area contributed by atoms with Crippen LogP contribution in [-0.4, -0.2) is 35.9 Å². The molecular weight excluding hydrogens is 600 g/mol. The molecule has 0 amide bonds. The van der Waals surface area contributed by atoms with E-state index < -0.39 is 23.8 Å². The van der Waals surface area contributed by atoms with Crippen LogP contribution in [-0.2, 0) is 26.4 Å². The molecule has 7 heteroatoms. The Labute approximate surface area is 285 Å². The summed E-state index contributed by atoms with van der Waals surface area (Å²) < 4.78 is 21.2. The van der Waals surface area contributed by atoms with E-state index >= 15 is 0 Å². The number of hydrogen-bond acceptors (Lipinski definition) is 6. The molecule has 7 nitrogen and oxygen atoms in total. The first-order valence-corrected chi connectivity index (χ1v) is 17.5. The fourth-order valence-electron chi connectivity index (χ4n) is 7.09. The Morgan fingerprint density at radius 1 is 0.938 bits per heavy atom. The zero-order chi connectivity index (χ0) is 34.4. The van der Waals surface area contributed by atoms with Crippen molar-refractivity contribution in [2.45, 2.75) is 98.5 Å². The van der Waals surface area contributed by atoms with E-state index in [1.54, 1.807) is 13.8 Å². The minimum atomic E-state index is -1.32. The van der Waals surface area contributed by atoms with Crippen LogP contribution >= 0.6 is 0 Å². The van der Waals surface area contributed by atoms with Crippen LogP contribution in [0, 0.1) is 6.92 Å². The molecule has 2 heterocycles. The van der Waals surface area contributed by atoms with Crippen molar-refractivity contribution in [3.05, 3.63) is 107 Å². The molecule has 48 heavy (non-hydrogen) atoms. The summed E-state index contributed by atoms with van der Waals surface area (Å²) in [5.41, 5.74) is 4.91. The van der Waals surface area contributed by atoms with Crippen LogP contribution in [0.2, 0.25) is 0 Å². The zero-order valence-electron chi connectivity index (χ0n) is 29.4. The molecule has 0 spiro atoms. The van der Waals surface area contributed by atoms with Crippen LogP contribution in [0.1, 0.15) is 106 Å². The maximum Gasteiger partial charge on any atom is 0.340 e. The number of cyclic esters (lactones) is 1. The highest BCUT2D eigenvalue weighted by Crippen LogP contribution is 2.53. The van der Waals surface area contributed by atoms with E-state index in [1.165, 1.54) is 25.7 Å². The van der Waals surface area contributed by atoms with E-state index in [1.807, 2.05) is 42.5 Å². The van der Waals surface area contributed by atoms with Gasteiger partial charge < -0.3 is 23.7 Å². The summed E-state index contributed by atoms with van der Waals surface area (Å²) >= 11 is 0. The average molecular weight is 651 g/mol. The van der Waals surface area contributed by atoms with Gasteiger partial charge in [0.25, 0.3) is 0 Å². The van der Waals surface area contributed by atoms with Crippen LogP contribution < -0.4 is 9.64 Å². The van der Waals surface area contributed by atoms with Crippen LogP contribution in [0.15, 0.2) is 78.9 Å². The molecule has 1 aromatic heterocycles. The molecule has 5 rings (SSSR count).